The third kappa shape index (κ3) is 5.30. The number of ether oxygens (including phenoxy) is 1. The number of rotatable bonds is 7. The largest absolute Gasteiger partial charge is 0.497 e. The average molecular weight is 265 g/mol. The monoisotopic (exact) mass is 265 g/mol. The standard InChI is InChI=1S/C15H23NO3/c1-11(2)6-5-9-16-15(18)14(17)12-7-4-8-13(10-12)19-3/h4,7-8,10-11,14,17H,5-6,9H2,1-3H3,(H,16,18). The molecule has 0 saturated carbocycles. The SMILES string of the molecule is COc1cccc(C(O)C(=O)NCCCC(C)C)c1. The Kier molecular flexibility index (Phi) is 6.36. The number of carbonyl (C=O) groups is 1. The maximum Gasteiger partial charge on any atom is 0.253 e. The number of aliphatic hydroxyl groups excluding tert-OH is 1. The first kappa shape index (κ1) is 15.5. The molecule has 0 saturated heterocycles. The van der Waals surface area contributed by atoms with Crippen LogP contribution in [0.25, 0.3) is 0 Å². The van der Waals surface area contributed by atoms with Gasteiger partial charge in [-0.05, 0) is 36.5 Å². The first-order chi connectivity index (χ1) is 9.04. The fourth-order valence-electron chi connectivity index (χ4n) is 1.78. The first-order valence-corrected chi connectivity index (χ1v) is 6.64. The number of aliphatic hydroxyl groups is 1. The summed E-state index contributed by atoms with van der Waals surface area (Å²) >= 11 is 0. The van der Waals surface area contributed by atoms with Crippen molar-refractivity contribution in [3.8, 4) is 5.75 Å². The molecule has 0 fully saturated rings. The Balaban J connectivity index is 2.47. The van der Waals surface area contributed by atoms with E-state index in [9.17, 15) is 9.90 Å². The highest BCUT2D eigenvalue weighted by Gasteiger charge is 2.17. The second-order valence-corrected chi connectivity index (χ2v) is 5.01. The fourth-order valence-corrected chi connectivity index (χ4v) is 1.78. The van der Waals surface area contributed by atoms with E-state index < -0.39 is 6.10 Å². The minimum absolute atomic E-state index is 0.364. The molecule has 1 aromatic carbocycles. The molecular formula is C15H23NO3. The predicted molar refractivity (Wildman–Crippen MR) is 75.0 cm³/mol. The molecule has 0 aromatic heterocycles. The molecule has 0 spiro atoms. The maximum atomic E-state index is 11.8. The molecule has 1 amide bonds. The van der Waals surface area contributed by atoms with Crippen LogP contribution in [0.2, 0.25) is 0 Å². The molecule has 0 aliphatic heterocycles. The molecule has 0 radical (unpaired) electrons. The summed E-state index contributed by atoms with van der Waals surface area (Å²) in [5, 5.41) is 12.7. The topological polar surface area (TPSA) is 58.6 Å². The van der Waals surface area contributed by atoms with Gasteiger partial charge in [-0.25, -0.2) is 0 Å². The predicted octanol–water partition coefficient (Wildman–Crippen LogP) is 2.28. The van der Waals surface area contributed by atoms with Crippen molar-refractivity contribution in [3.05, 3.63) is 29.8 Å². The van der Waals surface area contributed by atoms with Crippen molar-refractivity contribution in [2.24, 2.45) is 5.92 Å². The normalized spacial score (nSPS) is 12.3. The average Bonchev–Trinajstić information content (AvgIpc) is 2.42. The van der Waals surface area contributed by atoms with Crippen LogP contribution in [0.1, 0.15) is 38.4 Å². The molecule has 0 aliphatic rings. The Morgan fingerprint density at radius 1 is 1.42 bits per heavy atom. The summed E-state index contributed by atoms with van der Waals surface area (Å²) in [5.41, 5.74) is 0.542. The van der Waals surface area contributed by atoms with Gasteiger partial charge in [-0.2, -0.15) is 0 Å². The molecule has 4 nitrogen and oxygen atoms in total. The number of hydrogen-bond donors (Lipinski definition) is 2. The summed E-state index contributed by atoms with van der Waals surface area (Å²) in [4.78, 5) is 11.8. The molecule has 1 aromatic rings. The minimum atomic E-state index is -1.14. The van der Waals surface area contributed by atoms with Gasteiger partial charge in [0.25, 0.3) is 5.91 Å². The van der Waals surface area contributed by atoms with Crippen LogP contribution < -0.4 is 10.1 Å². The van der Waals surface area contributed by atoms with Crippen LogP contribution in [0, 0.1) is 5.92 Å². The number of methoxy groups -OCH3 is 1. The number of benzene rings is 1. The second-order valence-electron chi connectivity index (χ2n) is 5.01. The Hall–Kier alpha value is -1.55. The van der Waals surface area contributed by atoms with Crippen molar-refractivity contribution in [1.29, 1.82) is 0 Å². The van der Waals surface area contributed by atoms with Crippen LogP contribution in [0.4, 0.5) is 0 Å². The van der Waals surface area contributed by atoms with Gasteiger partial charge in [-0.1, -0.05) is 26.0 Å². The molecule has 1 atom stereocenters. The van der Waals surface area contributed by atoms with Crippen molar-refractivity contribution < 1.29 is 14.6 Å². The Bertz CT molecular complexity index is 404. The summed E-state index contributed by atoms with van der Waals surface area (Å²) in [6, 6.07) is 6.90. The summed E-state index contributed by atoms with van der Waals surface area (Å²) < 4.78 is 5.07. The van der Waals surface area contributed by atoms with Crippen LogP contribution >= 0.6 is 0 Å². The molecule has 106 valence electrons. The summed E-state index contributed by atoms with van der Waals surface area (Å²) in [7, 11) is 1.55. The van der Waals surface area contributed by atoms with E-state index in [1.165, 1.54) is 0 Å². The Morgan fingerprint density at radius 3 is 2.79 bits per heavy atom. The van der Waals surface area contributed by atoms with Crippen LogP contribution in [0.15, 0.2) is 24.3 Å². The van der Waals surface area contributed by atoms with E-state index in [0.717, 1.165) is 12.8 Å². The van der Waals surface area contributed by atoms with Gasteiger partial charge < -0.3 is 15.2 Å². The minimum Gasteiger partial charge on any atom is -0.497 e. The van der Waals surface area contributed by atoms with E-state index in [0.29, 0.717) is 23.8 Å². The number of nitrogens with one attached hydrogen (secondary N) is 1. The van der Waals surface area contributed by atoms with Crippen molar-refractivity contribution >= 4 is 5.91 Å². The van der Waals surface area contributed by atoms with Gasteiger partial charge in [0.2, 0.25) is 0 Å². The quantitative estimate of drug-likeness (QED) is 0.744. The highest BCUT2D eigenvalue weighted by Crippen LogP contribution is 2.19. The zero-order valence-corrected chi connectivity index (χ0v) is 11.8. The van der Waals surface area contributed by atoms with Crippen LogP contribution in [-0.2, 0) is 4.79 Å². The van der Waals surface area contributed by atoms with Crippen molar-refractivity contribution in [2.75, 3.05) is 13.7 Å². The van der Waals surface area contributed by atoms with E-state index in [4.69, 9.17) is 4.74 Å². The number of carbonyl (C=O) groups excluding carboxylic acids is 1. The summed E-state index contributed by atoms with van der Waals surface area (Å²) in [6.45, 7) is 4.89. The van der Waals surface area contributed by atoms with Crippen LogP contribution in [0.5, 0.6) is 5.75 Å². The van der Waals surface area contributed by atoms with E-state index in [1.54, 1.807) is 31.4 Å². The maximum absolute atomic E-state index is 11.8. The van der Waals surface area contributed by atoms with Gasteiger partial charge in [0, 0.05) is 6.54 Å². The van der Waals surface area contributed by atoms with Crippen LogP contribution in [-0.4, -0.2) is 24.7 Å². The van der Waals surface area contributed by atoms with E-state index in [-0.39, 0.29) is 5.91 Å². The third-order valence-electron chi connectivity index (χ3n) is 2.92. The summed E-state index contributed by atoms with van der Waals surface area (Å²) in [6.07, 6.45) is 0.846. The zero-order valence-electron chi connectivity index (χ0n) is 11.8. The lowest BCUT2D eigenvalue weighted by Crippen LogP contribution is -2.30. The highest BCUT2D eigenvalue weighted by molar-refractivity contribution is 5.81. The van der Waals surface area contributed by atoms with E-state index >= 15 is 0 Å². The third-order valence-corrected chi connectivity index (χ3v) is 2.92. The van der Waals surface area contributed by atoms with Gasteiger partial charge in [0.05, 0.1) is 7.11 Å². The van der Waals surface area contributed by atoms with Gasteiger partial charge in [-0.15, -0.1) is 0 Å². The molecule has 1 rings (SSSR count). The molecule has 19 heavy (non-hydrogen) atoms. The van der Waals surface area contributed by atoms with E-state index in [1.807, 2.05) is 0 Å². The second kappa shape index (κ2) is 7.79. The fraction of sp³-hybridized carbons (Fsp3) is 0.533. The Morgan fingerprint density at radius 2 is 2.16 bits per heavy atom. The van der Waals surface area contributed by atoms with Gasteiger partial charge in [-0.3, -0.25) is 4.79 Å². The smallest absolute Gasteiger partial charge is 0.253 e. The molecule has 0 heterocycles. The Labute approximate surface area is 114 Å². The molecule has 4 heteroatoms. The van der Waals surface area contributed by atoms with Crippen molar-refractivity contribution in [3.63, 3.8) is 0 Å². The lowest BCUT2D eigenvalue weighted by atomic mass is 10.1. The summed E-state index contributed by atoms with van der Waals surface area (Å²) in [5.74, 6) is 0.890. The van der Waals surface area contributed by atoms with Gasteiger partial charge >= 0.3 is 0 Å². The molecule has 2 N–H and O–H groups in total. The number of hydrogen-bond acceptors (Lipinski definition) is 3. The lowest BCUT2D eigenvalue weighted by molar-refractivity contribution is -0.129. The highest BCUT2D eigenvalue weighted by atomic mass is 16.5. The van der Waals surface area contributed by atoms with Crippen molar-refractivity contribution in [2.45, 2.75) is 32.8 Å². The van der Waals surface area contributed by atoms with Gasteiger partial charge in [0.15, 0.2) is 6.10 Å². The van der Waals surface area contributed by atoms with E-state index in [2.05, 4.69) is 19.2 Å². The van der Waals surface area contributed by atoms with Gasteiger partial charge in [0.1, 0.15) is 5.75 Å². The number of amides is 1. The molecular weight excluding hydrogens is 242 g/mol. The first-order valence-electron chi connectivity index (χ1n) is 6.64. The molecule has 1 unspecified atom stereocenters. The molecule has 0 aliphatic carbocycles. The van der Waals surface area contributed by atoms with Crippen LogP contribution in [0.3, 0.4) is 0 Å². The molecule has 0 bridgehead atoms. The lowest BCUT2D eigenvalue weighted by Gasteiger charge is -2.13. The van der Waals surface area contributed by atoms with Crippen molar-refractivity contribution in [1.82, 2.24) is 5.32 Å². The zero-order chi connectivity index (χ0) is 14.3.